The van der Waals surface area contributed by atoms with Crippen LogP contribution in [0, 0.1) is 16.0 Å². The van der Waals surface area contributed by atoms with Crippen LogP contribution in [-0.4, -0.2) is 28.5 Å². The van der Waals surface area contributed by atoms with Gasteiger partial charge in [-0.25, -0.2) is 4.98 Å². The van der Waals surface area contributed by atoms with E-state index in [2.05, 4.69) is 15.3 Å². The van der Waals surface area contributed by atoms with E-state index in [-0.39, 0.29) is 23.3 Å². The molecule has 0 unspecified atom stereocenters. The average Bonchev–Trinajstić information content (AvgIpc) is 2.25. The van der Waals surface area contributed by atoms with Gasteiger partial charge in [-0.05, 0) is 5.92 Å². The minimum absolute atomic E-state index is 0.00181. The molecule has 0 saturated heterocycles. The molecule has 0 aliphatic rings. The van der Waals surface area contributed by atoms with E-state index in [1.807, 2.05) is 13.8 Å². The highest BCUT2D eigenvalue weighted by Crippen LogP contribution is 2.30. The highest BCUT2D eigenvalue weighted by Gasteiger charge is 2.23. The van der Waals surface area contributed by atoms with Crippen LogP contribution < -0.4 is 10.1 Å². The summed E-state index contributed by atoms with van der Waals surface area (Å²) >= 11 is 0. The van der Waals surface area contributed by atoms with Crippen molar-refractivity contribution in [2.24, 2.45) is 5.92 Å². The molecule has 0 radical (unpaired) electrons. The summed E-state index contributed by atoms with van der Waals surface area (Å²) in [5.74, 6) is 0.421. The first-order valence-corrected chi connectivity index (χ1v) is 4.86. The summed E-state index contributed by atoms with van der Waals surface area (Å²) in [6.45, 7) is 4.28. The summed E-state index contributed by atoms with van der Waals surface area (Å²) in [5.41, 5.74) is -0.231. The van der Waals surface area contributed by atoms with Crippen molar-refractivity contribution >= 4 is 11.5 Å². The van der Waals surface area contributed by atoms with Crippen LogP contribution in [-0.2, 0) is 0 Å². The van der Waals surface area contributed by atoms with Crippen LogP contribution in [0.4, 0.5) is 11.5 Å². The first-order valence-electron chi connectivity index (χ1n) is 4.86. The zero-order valence-electron chi connectivity index (χ0n) is 9.43. The van der Waals surface area contributed by atoms with E-state index >= 15 is 0 Å². The van der Waals surface area contributed by atoms with Gasteiger partial charge in [0.05, 0.1) is 11.5 Å². The van der Waals surface area contributed by atoms with Gasteiger partial charge in [-0.3, -0.25) is 10.1 Å². The Morgan fingerprint density at radius 1 is 1.56 bits per heavy atom. The molecule has 1 aromatic heterocycles. The maximum Gasteiger partial charge on any atom is 0.372 e. The van der Waals surface area contributed by atoms with Crippen molar-refractivity contribution in [2.45, 2.75) is 13.8 Å². The normalized spacial score (nSPS) is 10.2. The molecule has 0 amide bonds. The quantitative estimate of drug-likeness (QED) is 0.603. The SMILES string of the molecule is CNc1ncnc(OCC(C)C)c1[N+](=O)[O-]. The van der Waals surface area contributed by atoms with Crippen LogP contribution in [0.2, 0.25) is 0 Å². The molecular formula is C9H14N4O3. The monoisotopic (exact) mass is 226 g/mol. The van der Waals surface area contributed by atoms with Gasteiger partial charge in [0.2, 0.25) is 5.82 Å². The number of nitro groups is 1. The summed E-state index contributed by atoms with van der Waals surface area (Å²) < 4.78 is 5.27. The van der Waals surface area contributed by atoms with Crippen molar-refractivity contribution in [2.75, 3.05) is 19.0 Å². The fraction of sp³-hybridized carbons (Fsp3) is 0.556. The van der Waals surface area contributed by atoms with Gasteiger partial charge < -0.3 is 10.1 Å². The van der Waals surface area contributed by atoms with E-state index in [1.54, 1.807) is 7.05 Å². The van der Waals surface area contributed by atoms with Crippen LogP contribution in [0.5, 0.6) is 5.88 Å². The van der Waals surface area contributed by atoms with E-state index < -0.39 is 4.92 Å². The molecule has 1 rings (SSSR count). The standard InChI is InChI=1S/C9H14N4O3/c1-6(2)4-16-9-7(13(14)15)8(10-3)11-5-12-9/h5-6H,4H2,1-3H3,(H,10,11,12). The fourth-order valence-corrected chi connectivity index (χ4v) is 1.06. The van der Waals surface area contributed by atoms with Gasteiger partial charge >= 0.3 is 5.69 Å². The van der Waals surface area contributed by atoms with Crippen LogP contribution in [0.3, 0.4) is 0 Å². The van der Waals surface area contributed by atoms with Gasteiger partial charge in [-0.1, -0.05) is 13.8 Å². The summed E-state index contributed by atoms with van der Waals surface area (Å²) in [5, 5.41) is 13.5. The third-order valence-corrected chi connectivity index (χ3v) is 1.76. The molecule has 1 N–H and O–H groups in total. The largest absolute Gasteiger partial charge is 0.472 e. The number of ether oxygens (including phenoxy) is 1. The van der Waals surface area contributed by atoms with Gasteiger partial charge in [0.25, 0.3) is 5.88 Å². The maximum absolute atomic E-state index is 10.9. The Balaban J connectivity index is 3.02. The second kappa shape index (κ2) is 5.24. The second-order valence-electron chi connectivity index (χ2n) is 3.59. The number of hydrogen-bond donors (Lipinski definition) is 1. The Kier molecular flexibility index (Phi) is 3.98. The van der Waals surface area contributed by atoms with Crippen LogP contribution >= 0.6 is 0 Å². The first-order chi connectivity index (χ1) is 7.56. The van der Waals surface area contributed by atoms with Crippen molar-refractivity contribution in [3.63, 3.8) is 0 Å². The third-order valence-electron chi connectivity index (χ3n) is 1.76. The summed E-state index contributed by atoms with van der Waals surface area (Å²) in [6, 6.07) is 0. The number of hydrogen-bond acceptors (Lipinski definition) is 6. The molecule has 16 heavy (non-hydrogen) atoms. The number of rotatable bonds is 5. The lowest BCUT2D eigenvalue weighted by atomic mass is 10.2. The highest BCUT2D eigenvalue weighted by molar-refractivity contribution is 5.60. The van der Waals surface area contributed by atoms with E-state index in [9.17, 15) is 10.1 Å². The van der Waals surface area contributed by atoms with Crippen LogP contribution in [0.1, 0.15) is 13.8 Å². The van der Waals surface area contributed by atoms with Gasteiger partial charge in [0, 0.05) is 7.05 Å². The minimum atomic E-state index is -0.554. The van der Waals surface area contributed by atoms with Crippen molar-refractivity contribution in [3.05, 3.63) is 16.4 Å². The average molecular weight is 226 g/mol. The Bertz CT molecular complexity index is 381. The third kappa shape index (κ3) is 2.78. The topological polar surface area (TPSA) is 90.2 Å². The summed E-state index contributed by atoms with van der Waals surface area (Å²) in [7, 11) is 1.56. The number of nitrogens with zero attached hydrogens (tertiary/aromatic N) is 3. The van der Waals surface area contributed by atoms with E-state index in [0.717, 1.165) is 0 Å². The van der Waals surface area contributed by atoms with Gasteiger partial charge in [0.1, 0.15) is 6.33 Å². The zero-order valence-corrected chi connectivity index (χ0v) is 9.43. The zero-order chi connectivity index (χ0) is 12.1. The number of nitrogens with one attached hydrogen (secondary N) is 1. The number of aromatic nitrogens is 2. The molecule has 0 aliphatic heterocycles. The van der Waals surface area contributed by atoms with Gasteiger partial charge in [-0.2, -0.15) is 4.98 Å². The Morgan fingerprint density at radius 3 is 2.75 bits per heavy atom. The first kappa shape index (κ1) is 12.2. The Morgan fingerprint density at radius 2 is 2.25 bits per heavy atom. The minimum Gasteiger partial charge on any atom is -0.472 e. The molecule has 0 aromatic carbocycles. The summed E-state index contributed by atoms with van der Waals surface area (Å²) in [4.78, 5) is 17.8. The lowest BCUT2D eigenvalue weighted by molar-refractivity contribution is -0.385. The number of anilines is 1. The molecule has 7 nitrogen and oxygen atoms in total. The van der Waals surface area contributed by atoms with Crippen LogP contribution in [0.15, 0.2) is 6.33 Å². The van der Waals surface area contributed by atoms with E-state index in [0.29, 0.717) is 6.61 Å². The molecule has 88 valence electrons. The van der Waals surface area contributed by atoms with E-state index in [4.69, 9.17) is 4.74 Å². The lowest BCUT2D eigenvalue weighted by Crippen LogP contribution is -2.09. The Labute approximate surface area is 93.0 Å². The maximum atomic E-state index is 10.9. The van der Waals surface area contributed by atoms with Crippen molar-refractivity contribution in [1.82, 2.24) is 9.97 Å². The molecule has 0 fully saturated rings. The molecule has 0 bridgehead atoms. The highest BCUT2D eigenvalue weighted by atomic mass is 16.6. The molecule has 7 heteroatoms. The molecule has 0 aliphatic carbocycles. The molecular weight excluding hydrogens is 212 g/mol. The predicted molar refractivity (Wildman–Crippen MR) is 58.6 cm³/mol. The van der Waals surface area contributed by atoms with Gasteiger partial charge in [0.15, 0.2) is 0 Å². The molecule has 1 heterocycles. The second-order valence-corrected chi connectivity index (χ2v) is 3.59. The smallest absolute Gasteiger partial charge is 0.372 e. The molecule has 0 saturated carbocycles. The van der Waals surface area contributed by atoms with Crippen molar-refractivity contribution < 1.29 is 9.66 Å². The van der Waals surface area contributed by atoms with Crippen molar-refractivity contribution in [1.29, 1.82) is 0 Å². The predicted octanol–water partition coefficient (Wildman–Crippen LogP) is 1.46. The van der Waals surface area contributed by atoms with Gasteiger partial charge in [-0.15, -0.1) is 0 Å². The Hall–Kier alpha value is -1.92. The molecule has 1 aromatic rings. The molecule has 0 atom stereocenters. The van der Waals surface area contributed by atoms with Crippen LogP contribution in [0.25, 0.3) is 0 Å². The van der Waals surface area contributed by atoms with E-state index in [1.165, 1.54) is 6.33 Å². The summed E-state index contributed by atoms with van der Waals surface area (Å²) in [6.07, 6.45) is 1.23. The van der Waals surface area contributed by atoms with Crippen molar-refractivity contribution in [3.8, 4) is 5.88 Å². The lowest BCUT2D eigenvalue weighted by Gasteiger charge is -2.08. The molecule has 0 spiro atoms. The fourth-order valence-electron chi connectivity index (χ4n) is 1.06.